The Morgan fingerprint density at radius 2 is 1.90 bits per heavy atom. The number of carboxylic acids is 1. The van der Waals surface area contributed by atoms with E-state index in [1.165, 1.54) is 30.3 Å². The molecule has 0 aliphatic rings. The van der Waals surface area contributed by atoms with Crippen LogP contribution in [0.5, 0.6) is 11.5 Å². The monoisotopic (exact) mass is 291 g/mol. The molecule has 0 radical (unpaired) electrons. The Balaban J connectivity index is 2.28. The van der Waals surface area contributed by atoms with E-state index in [0.717, 1.165) is 6.07 Å². The summed E-state index contributed by atoms with van der Waals surface area (Å²) < 4.78 is 13.7. The van der Waals surface area contributed by atoms with Gasteiger partial charge in [-0.2, -0.15) is 0 Å². The summed E-state index contributed by atoms with van der Waals surface area (Å²) in [6.07, 6.45) is 0. The fourth-order valence-corrected chi connectivity index (χ4v) is 1.98. The number of nitrogens with one attached hydrogen (secondary N) is 1. The van der Waals surface area contributed by atoms with Gasteiger partial charge in [0, 0.05) is 11.6 Å². The second-order valence-electron chi connectivity index (χ2n) is 4.61. The standard InChI is InChI=1S/C15H14FNO4/c1-8(11-4-3-10(18)7-14(11)19)17-13-6-9(15(20)21)2-5-12(13)16/h2-8,17-19H,1H3,(H,20,21). The van der Waals surface area contributed by atoms with Gasteiger partial charge in [0.05, 0.1) is 17.3 Å². The van der Waals surface area contributed by atoms with Crippen LogP contribution in [0.2, 0.25) is 0 Å². The van der Waals surface area contributed by atoms with Crippen molar-refractivity contribution in [2.75, 3.05) is 5.32 Å². The summed E-state index contributed by atoms with van der Waals surface area (Å²) in [4.78, 5) is 10.9. The van der Waals surface area contributed by atoms with E-state index in [2.05, 4.69) is 5.32 Å². The molecule has 2 aromatic rings. The van der Waals surface area contributed by atoms with Gasteiger partial charge in [0.1, 0.15) is 17.3 Å². The first-order chi connectivity index (χ1) is 9.88. The number of phenolic OH excluding ortho intramolecular Hbond substituents is 2. The average molecular weight is 291 g/mol. The van der Waals surface area contributed by atoms with E-state index >= 15 is 0 Å². The summed E-state index contributed by atoms with van der Waals surface area (Å²) in [5, 5.41) is 30.7. The molecule has 110 valence electrons. The number of benzene rings is 2. The van der Waals surface area contributed by atoms with Crippen molar-refractivity contribution in [1.29, 1.82) is 0 Å². The predicted octanol–water partition coefficient (Wildman–Crippen LogP) is 3.11. The normalized spacial score (nSPS) is 11.9. The summed E-state index contributed by atoms with van der Waals surface area (Å²) in [6.45, 7) is 1.68. The molecule has 6 heteroatoms. The van der Waals surface area contributed by atoms with Gasteiger partial charge in [-0.05, 0) is 37.3 Å². The highest BCUT2D eigenvalue weighted by atomic mass is 19.1. The topological polar surface area (TPSA) is 89.8 Å². The predicted molar refractivity (Wildman–Crippen MR) is 75.2 cm³/mol. The van der Waals surface area contributed by atoms with Gasteiger partial charge in [0.2, 0.25) is 0 Å². The van der Waals surface area contributed by atoms with Crippen LogP contribution in [0.4, 0.5) is 10.1 Å². The van der Waals surface area contributed by atoms with E-state index in [1.807, 2.05) is 0 Å². The van der Waals surface area contributed by atoms with Crippen molar-refractivity contribution >= 4 is 11.7 Å². The first-order valence-electron chi connectivity index (χ1n) is 6.19. The first-order valence-corrected chi connectivity index (χ1v) is 6.19. The molecule has 0 aliphatic carbocycles. The van der Waals surface area contributed by atoms with Crippen LogP contribution >= 0.6 is 0 Å². The van der Waals surface area contributed by atoms with Crippen LogP contribution in [-0.4, -0.2) is 21.3 Å². The van der Waals surface area contributed by atoms with Crippen molar-refractivity contribution in [3.63, 3.8) is 0 Å². The second-order valence-corrected chi connectivity index (χ2v) is 4.61. The highest BCUT2D eigenvalue weighted by Gasteiger charge is 2.14. The van der Waals surface area contributed by atoms with Gasteiger partial charge in [-0.15, -0.1) is 0 Å². The largest absolute Gasteiger partial charge is 0.508 e. The molecule has 0 saturated heterocycles. The maximum atomic E-state index is 13.7. The first kappa shape index (κ1) is 14.6. The van der Waals surface area contributed by atoms with Gasteiger partial charge >= 0.3 is 5.97 Å². The molecule has 0 heterocycles. The SMILES string of the molecule is CC(Nc1cc(C(=O)O)ccc1F)c1ccc(O)cc1O. The summed E-state index contributed by atoms with van der Waals surface area (Å²) in [6, 6.07) is 7.02. The van der Waals surface area contributed by atoms with E-state index < -0.39 is 17.8 Å². The molecule has 21 heavy (non-hydrogen) atoms. The molecule has 2 aromatic carbocycles. The molecule has 4 N–H and O–H groups in total. The fourth-order valence-electron chi connectivity index (χ4n) is 1.98. The van der Waals surface area contributed by atoms with E-state index in [9.17, 15) is 19.4 Å². The minimum atomic E-state index is -1.15. The van der Waals surface area contributed by atoms with Gasteiger partial charge in [-0.1, -0.05) is 0 Å². The number of halogens is 1. The second kappa shape index (κ2) is 5.70. The number of hydrogen-bond acceptors (Lipinski definition) is 4. The van der Waals surface area contributed by atoms with Crippen molar-refractivity contribution in [2.24, 2.45) is 0 Å². The van der Waals surface area contributed by atoms with E-state index in [1.54, 1.807) is 6.92 Å². The van der Waals surface area contributed by atoms with Crippen LogP contribution in [-0.2, 0) is 0 Å². The molecule has 0 aromatic heterocycles. The summed E-state index contributed by atoms with van der Waals surface area (Å²) in [5.74, 6) is -1.96. The number of carbonyl (C=O) groups is 1. The third-order valence-corrected chi connectivity index (χ3v) is 3.07. The number of hydrogen-bond donors (Lipinski definition) is 4. The Morgan fingerprint density at radius 1 is 1.19 bits per heavy atom. The van der Waals surface area contributed by atoms with Gasteiger partial charge in [0.15, 0.2) is 0 Å². The molecular formula is C15H14FNO4. The summed E-state index contributed by atoms with van der Waals surface area (Å²) >= 11 is 0. The molecule has 5 nitrogen and oxygen atoms in total. The minimum Gasteiger partial charge on any atom is -0.508 e. The number of phenols is 2. The van der Waals surface area contributed by atoms with Gasteiger partial charge in [0.25, 0.3) is 0 Å². The summed E-state index contributed by atoms with van der Waals surface area (Å²) in [7, 11) is 0. The summed E-state index contributed by atoms with van der Waals surface area (Å²) in [5.41, 5.74) is 0.434. The molecule has 0 fully saturated rings. The molecule has 2 rings (SSSR count). The lowest BCUT2D eigenvalue weighted by atomic mass is 10.1. The van der Waals surface area contributed by atoms with E-state index in [4.69, 9.17) is 5.11 Å². The van der Waals surface area contributed by atoms with E-state index in [-0.39, 0.29) is 22.7 Å². The lowest BCUT2D eigenvalue weighted by Crippen LogP contribution is -2.09. The van der Waals surface area contributed by atoms with Crippen LogP contribution in [0.15, 0.2) is 36.4 Å². The lowest BCUT2D eigenvalue weighted by molar-refractivity contribution is 0.0697. The van der Waals surface area contributed by atoms with Crippen LogP contribution in [0.3, 0.4) is 0 Å². The Morgan fingerprint density at radius 3 is 2.52 bits per heavy atom. The maximum absolute atomic E-state index is 13.7. The maximum Gasteiger partial charge on any atom is 0.335 e. The molecular weight excluding hydrogens is 277 g/mol. The Labute approximate surface area is 120 Å². The number of rotatable bonds is 4. The lowest BCUT2D eigenvalue weighted by Gasteiger charge is -2.18. The number of aromatic hydroxyl groups is 2. The van der Waals surface area contributed by atoms with Crippen molar-refractivity contribution in [2.45, 2.75) is 13.0 Å². The van der Waals surface area contributed by atoms with Gasteiger partial charge < -0.3 is 20.6 Å². The highest BCUT2D eigenvalue weighted by Crippen LogP contribution is 2.30. The Hall–Kier alpha value is -2.76. The third-order valence-electron chi connectivity index (χ3n) is 3.07. The average Bonchev–Trinajstić information content (AvgIpc) is 2.40. The number of carboxylic acid groups (broad SMARTS) is 1. The number of aromatic carboxylic acids is 1. The molecule has 0 aliphatic heterocycles. The molecule has 0 spiro atoms. The zero-order chi connectivity index (χ0) is 15.6. The van der Waals surface area contributed by atoms with Crippen molar-refractivity contribution in [1.82, 2.24) is 0 Å². The van der Waals surface area contributed by atoms with Crippen molar-refractivity contribution in [3.05, 3.63) is 53.3 Å². The van der Waals surface area contributed by atoms with Crippen LogP contribution in [0.25, 0.3) is 0 Å². The Bertz CT molecular complexity index is 687. The smallest absolute Gasteiger partial charge is 0.335 e. The quantitative estimate of drug-likeness (QED) is 0.695. The van der Waals surface area contributed by atoms with E-state index in [0.29, 0.717) is 5.56 Å². The fraction of sp³-hybridized carbons (Fsp3) is 0.133. The minimum absolute atomic E-state index is 0.0230. The van der Waals surface area contributed by atoms with Crippen LogP contribution in [0.1, 0.15) is 28.9 Å². The molecule has 0 bridgehead atoms. The van der Waals surface area contributed by atoms with Gasteiger partial charge in [-0.25, -0.2) is 9.18 Å². The van der Waals surface area contributed by atoms with Crippen molar-refractivity contribution < 1.29 is 24.5 Å². The van der Waals surface area contributed by atoms with Crippen LogP contribution in [0, 0.1) is 5.82 Å². The zero-order valence-corrected chi connectivity index (χ0v) is 11.2. The highest BCUT2D eigenvalue weighted by molar-refractivity contribution is 5.88. The number of anilines is 1. The molecule has 1 atom stereocenters. The molecule has 0 saturated carbocycles. The molecule has 0 amide bonds. The van der Waals surface area contributed by atoms with Crippen molar-refractivity contribution in [3.8, 4) is 11.5 Å². The third kappa shape index (κ3) is 3.22. The zero-order valence-electron chi connectivity index (χ0n) is 11.2. The van der Waals surface area contributed by atoms with Gasteiger partial charge in [-0.3, -0.25) is 0 Å². The Kier molecular flexibility index (Phi) is 3.98. The molecule has 1 unspecified atom stereocenters. The van der Waals surface area contributed by atoms with Crippen LogP contribution < -0.4 is 5.32 Å².